The maximum Gasteiger partial charge on any atom is 0.108 e. The minimum Gasteiger partial charge on any atom is -0.394 e. The predicted octanol–water partition coefficient (Wildman–Crippen LogP) is -1.24. The lowest BCUT2D eigenvalue weighted by Crippen LogP contribution is -2.02. The van der Waals surface area contributed by atoms with Gasteiger partial charge in [-0.25, -0.2) is 4.68 Å². The molecule has 56 valence electrons. The summed E-state index contributed by atoms with van der Waals surface area (Å²) in [7, 11) is 0. The van der Waals surface area contributed by atoms with Crippen molar-refractivity contribution in [1.82, 2.24) is 15.0 Å². The lowest BCUT2D eigenvalue weighted by Gasteiger charge is -1.91. The molecule has 0 aliphatic heterocycles. The Bertz CT molecular complexity index is 199. The van der Waals surface area contributed by atoms with Crippen molar-refractivity contribution < 1.29 is 10.2 Å². The van der Waals surface area contributed by atoms with Crippen molar-refractivity contribution >= 4 is 0 Å². The van der Waals surface area contributed by atoms with Gasteiger partial charge < -0.3 is 10.2 Å². The third kappa shape index (κ3) is 1.52. The molecule has 2 N–H and O–H groups in total. The van der Waals surface area contributed by atoms with Crippen LogP contribution in [-0.4, -0.2) is 31.8 Å². The quantitative estimate of drug-likeness (QED) is 0.555. The Labute approximate surface area is 57.9 Å². The van der Waals surface area contributed by atoms with E-state index in [2.05, 4.69) is 10.3 Å². The van der Waals surface area contributed by atoms with Gasteiger partial charge in [-0.3, -0.25) is 0 Å². The fourth-order valence-electron chi connectivity index (χ4n) is 0.623. The highest BCUT2D eigenvalue weighted by atomic mass is 16.3. The number of hydrogen-bond acceptors (Lipinski definition) is 4. The van der Waals surface area contributed by atoms with E-state index in [0.717, 1.165) is 0 Å². The SMILES string of the molecule is OCCn1cc(CO)nn1. The molecule has 0 radical (unpaired) electrons. The van der Waals surface area contributed by atoms with Crippen LogP contribution >= 0.6 is 0 Å². The molecular weight excluding hydrogens is 134 g/mol. The second-order valence-electron chi connectivity index (χ2n) is 1.85. The highest BCUT2D eigenvalue weighted by Crippen LogP contribution is 1.90. The van der Waals surface area contributed by atoms with Crippen molar-refractivity contribution in [3.63, 3.8) is 0 Å². The average Bonchev–Trinajstić information content (AvgIpc) is 2.37. The number of aromatic nitrogens is 3. The standard InChI is InChI=1S/C5H9N3O2/c9-2-1-8-3-5(4-10)6-7-8/h3,9-10H,1-2,4H2. The monoisotopic (exact) mass is 143 g/mol. The lowest BCUT2D eigenvalue weighted by atomic mass is 10.5. The van der Waals surface area contributed by atoms with E-state index in [1.807, 2.05) is 0 Å². The van der Waals surface area contributed by atoms with Crippen LogP contribution in [0, 0.1) is 0 Å². The molecule has 0 saturated carbocycles. The van der Waals surface area contributed by atoms with Crippen LogP contribution in [0.3, 0.4) is 0 Å². The van der Waals surface area contributed by atoms with E-state index in [4.69, 9.17) is 10.2 Å². The van der Waals surface area contributed by atoms with E-state index in [1.54, 1.807) is 6.20 Å². The van der Waals surface area contributed by atoms with Crippen molar-refractivity contribution in [3.05, 3.63) is 11.9 Å². The molecule has 1 aromatic rings. The first kappa shape index (κ1) is 7.17. The summed E-state index contributed by atoms with van der Waals surface area (Å²) in [6, 6.07) is 0. The molecule has 1 rings (SSSR count). The second kappa shape index (κ2) is 3.28. The molecule has 0 aliphatic rings. The number of nitrogens with zero attached hydrogens (tertiary/aromatic N) is 3. The van der Waals surface area contributed by atoms with Gasteiger partial charge in [-0.05, 0) is 0 Å². The fraction of sp³-hybridized carbons (Fsp3) is 0.600. The third-order valence-electron chi connectivity index (χ3n) is 1.08. The number of hydrogen-bond donors (Lipinski definition) is 2. The second-order valence-corrected chi connectivity index (χ2v) is 1.85. The summed E-state index contributed by atoms with van der Waals surface area (Å²) in [6.07, 6.45) is 1.59. The van der Waals surface area contributed by atoms with Gasteiger partial charge >= 0.3 is 0 Å². The van der Waals surface area contributed by atoms with Gasteiger partial charge in [0.1, 0.15) is 5.69 Å². The summed E-state index contributed by atoms with van der Waals surface area (Å²) < 4.78 is 1.48. The first-order chi connectivity index (χ1) is 4.86. The zero-order valence-corrected chi connectivity index (χ0v) is 5.43. The Morgan fingerprint density at radius 2 is 2.30 bits per heavy atom. The van der Waals surface area contributed by atoms with Crippen LogP contribution in [0.1, 0.15) is 5.69 Å². The van der Waals surface area contributed by atoms with Crippen LogP contribution in [0.15, 0.2) is 6.20 Å². The molecule has 0 aromatic carbocycles. The van der Waals surface area contributed by atoms with Crippen LogP contribution in [0.25, 0.3) is 0 Å². The number of aliphatic hydroxyl groups is 2. The molecule has 5 heteroatoms. The number of aliphatic hydroxyl groups excluding tert-OH is 2. The van der Waals surface area contributed by atoms with Crippen LogP contribution in [0.5, 0.6) is 0 Å². The molecule has 0 spiro atoms. The smallest absolute Gasteiger partial charge is 0.108 e. The van der Waals surface area contributed by atoms with Gasteiger partial charge in [0.15, 0.2) is 0 Å². The summed E-state index contributed by atoms with van der Waals surface area (Å²) in [6.45, 7) is 0.354. The highest BCUT2D eigenvalue weighted by Gasteiger charge is 1.95. The highest BCUT2D eigenvalue weighted by molar-refractivity contribution is 4.88. The molecular formula is C5H9N3O2. The molecule has 10 heavy (non-hydrogen) atoms. The Balaban J connectivity index is 2.59. The van der Waals surface area contributed by atoms with Gasteiger partial charge in [-0.15, -0.1) is 5.10 Å². The van der Waals surface area contributed by atoms with Crippen molar-refractivity contribution in [1.29, 1.82) is 0 Å². The zero-order chi connectivity index (χ0) is 7.40. The Kier molecular flexibility index (Phi) is 2.35. The van der Waals surface area contributed by atoms with Crippen molar-refractivity contribution in [3.8, 4) is 0 Å². The Hall–Kier alpha value is -0.940. The minimum atomic E-state index is -0.106. The van der Waals surface area contributed by atoms with Crippen molar-refractivity contribution in [2.45, 2.75) is 13.2 Å². The van der Waals surface area contributed by atoms with E-state index in [0.29, 0.717) is 12.2 Å². The van der Waals surface area contributed by atoms with E-state index < -0.39 is 0 Å². The largest absolute Gasteiger partial charge is 0.394 e. The van der Waals surface area contributed by atoms with Gasteiger partial charge in [0.2, 0.25) is 0 Å². The maximum absolute atomic E-state index is 8.54. The molecule has 5 nitrogen and oxygen atoms in total. The van der Waals surface area contributed by atoms with E-state index >= 15 is 0 Å². The minimum absolute atomic E-state index is 0.0359. The molecule has 0 amide bonds. The average molecular weight is 143 g/mol. The van der Waals surface area contributed by atoms with Gasteiger partial charge in [0.05, 0.1) is 26.0 Å². The maximum atomic E-state index is 8.54. The van der Waals surface area contributed by atoms with Crippen LogP contribution in [-0.2, 0) is 13.2 Å². The molecule has 0 fully saturated rings. The molecule has 0 saturated heterocycles. The molecule has 0 atom stereocenters. The molecule has 0 aliphatic carbocycles. The van der Waals surface area contributed by atoms with Gasteiger partial charge in [0.25, 0.3) is 0 Å². The van der Waals surface area contributed by atoms with E-state index in [9.17, 15) is 0 Å². The third-order valence-corrected chi connectivity index (χ3v) is 1.08. The Morgan fingerprint density at radius 1 is 1.50 bits per heavy atom. The number of rotatable bonds is 3. The molecule has 0 bridgehead atoms. The van der Waals surface area contributed by atoms with E-state index in [1.165, 1.54) is 4.68 Å². The van der Waals surface area contributed by atoms with Crippen LogP contribution in [0.4, 0.5) is 0 Å². The van der Waals surface area contributed by atoms with Crippen LogP contribution in [0.2, 0.25) is 0 Å². The first-order valence-electron chi connectivity index (χ1n) is 2.97. The molecule has 1 aromatic heterocycles. The molecule has 1 heterocycles. The summed E-state index contributed by atoms with van der Waals surface area (Å²) in [5.74, 6) is 0. The summed E-state index contributed by atoms with van der Waals surface area (Å²) in [5.41, 5.74) is 0.522. The summed E-state index contributed by atoms with van der Waals surface area (Å²) in [5, 5.41) is 24.2. The van der Waals surface area contributed by atoms with Crippen LogP contribution < -0.4 is 0 Å². The molecule has 0 unspecified atom stereocenters. The lowest BCUT2D eigenvalue weighted by molar-refractivity contribution is 0.267. The van der Waals surface area contributed by atoms with Gasteiger partial charge in [-0.2, -0.15) is 0 Å². The normalized spacial score (nSPS) is 10.2. The first-order valence-corrected chi connectivity index (χ1v) is 2.97. The summed E-state index contributed by atoms with van der Waals surface area (Å²) in [4.78, 5) is 0. The Morgan fingerprint density at radius 3 is 2.80 bits per heavy atom. The van der Waals surface area contributed by atoms with Crippen molar-refractivity contribution in [2.24, 2.45) is 0 Å². The van der Waals surface area contributed by atoms with Gasteiger partial charge in [-0.1, -0.05) is 5.21 Å². The summed E-state index contributed by atoms with van der Waals surface area (Å²) >= 11 is 0. The van der Waals surface area contributed by atoms with Gasteiger partial charge in [0, 0.05) is 0 Å². The topological polar surface area (TPSA) is 71.2 Å². The zero-order valence-electron chi connectivity index (χ0n) is 5.43. The van der Waals surface area contributed by atoms with E-state index in [-0.39, 0.29) is 13.2 Å². The fourth-order valence-corrected chi connectivity index (χ4v) is 0.623. The predicted molar refractivity (Wildman–Crippen MR) is 33.0 cm³/mol. The van der Waals surface area contributed by atoms with Crippen molar-refractivity contribution in [2.75, 3.05) is 6.61 Å².